The van der Waals surface area contributed by atoms with E-state index in [-0.39, 0.29) is 18.8 Å². The van der Waals surface area contributed by atoms with E-state index in [1.165, 1.54) is 0 Å². The maximum atomic E-state index is 12.4. The highest BCUT2D eigenvalue weighted by Crippen LogP contribution is 2.52. The number of nitrogens with one attached hydrogen (secondary N) is 1. The monoisotopic (exact) mass is 337 g/mol. The molecule has 0 aromatic heterocycles. The van der Waals surface area contributed by atoms with Gasteiger partial charge in [-0.3, -0.25) is 9.05 Å². The first-order valence-electron chi connectivity index (χ1n) is 8.40. The maximum absolute atomic E-state index is 12.4. The lowest BCUT2D eigenvalue weighted by Crippen LogP contribution is -2.41. The van der Waals surface area contributed by atoms with Gasteiger partial charge in [0.15, 0.2) is 0 Å². The first kappa shape index (κ1) is 20.1. The van der Waals surface area contributed by atoms with Crippen molar-refractivity contribution >= 4 is 7.82 Å². The second-order valence-corrected chi connectivity index (χ2v) is 7.52. The number of hydrogen-bond donors (Lipinski definition) is 3. The molecule has 22 heavy (non-hydrogen) atoms. The molecule has 0 spiro atoms. The molecule has 132 valence electrons. The molecular weight excluding hydrogens is 305 g/mol. The van der Waals surface area contributed by atoms with E-state index in [2.05, 4.69) is 5.32 Å². The first-order valence-corrected chi connectivity index (χ1v) is 9.90. The third-order valence-electron chi connectivity index (χ3n) is 4.68. The Kier molecular flexibility index (Phi) is 8.54. The fraction of sp³-hybridized carbons (Fsp3) is 1.00. The molecule has 1 fully saturated rings. The van der Waals surface area contributed by atoms with E-state index in [4.69, 9.17) is 9.05 Å². The summed E-state index contributed by atoms with van der Waals surface area (Å²) in [6.07, 6.45) is 6.29. The summed E-state index contributed by atoms with van der Waals surface area (Å²) in [6, 6.07) is -0.172. The summed E-state index contributed by atoms with van der Waals surface area (Å²) in [5, 5.41) is 12.4. The van der Waals surface area contributed by atoms with Gasteiger partial charge in [-0.05, 0) is 39.2 Å². The number of hydrogen-bond acceptors (Lipinski definition) is 5. The van der Waals surface area contributed by atoms with Crippen LogP contribution >= 0.6 is 7.82 Å². The van der Waals surface area contributed by atoms with Gasteiger partial charge in [0.25, 0.3) is 0 Å². The number of aliphatic hydroxyl groups is 1. The smallest absolute Gasteiger partial charge is 0.395 e. The van der Waals surface area contributed by atoms with Crippen molar-refractivity contribution in [3.05, 3.63) is 0 Å². The highest BCUT2D eigenvalue weighted by molar-refractivity contribution is 7.47. The van der Waals surface area contributed by atoms with Gasteiger partial charge in [-0.1, -0.05) is 33.1 Å². The van der Waals surface area contributed by atoms with Crippen molar-refractivity contribution in [3.8, 4) is 0 Å². The molecule has 0 radical (unpaired) electrons. The molecule has 0 saturated heterocycles. The average molecular weight is 337 g/mol. The summed E-state index contributed by atoms with van der Waals surface area (Å²) in [4.78, 5) is 10.2. The van der Waals surface area contributed by atoms with Gasteiger partial charge in [0, 0.05) is 6.04 Å². The molecule has 2 unspecified atom stereocenters. The summed E-state index contributed by atoms with van der Waals surface area (Å²) >= 11 is 0. The van der Waals surface area contributed by atoms with Gasteiger partial charge in [0.05, 0.1) is 18.3 Å². The normalized spacial score (nSPS) is 21.5. The fourth-order valence-electron chi connectivity index (χ4n) is 3.04. The highest BCUT2D eigenvalue weighted by Gasteiger charge is 2.40. The Balaban J connectivity index is 2.71. The summed E-state index contributed by atoms with van der Waals surface area (Å²) in [5.41, 5.74) is -0.769. The predicted molar refractivity (Wildman–Crippen MR) is 86.7 cm³/mol. The Labute approximate surface area is 134 Å². The van der Waals surface area contributed by atoms with Crippen LogP contribution in [0.3, 0.4) is 0 Å². The molecule has 1 saturated carbocycles. The predicted octanol–water partition coefficient (Wildman–Crippen LogP) is 2.98. The third-order valence-corrected chi connectivity index (χ3v) is 5.86. The second-order valence-electron chi connectivity index (χ2n) is 6.19. The van der Waals surface area contributed by atoms with Crippen molar-refractivity contribution in [2.45, 2.75) is 83.0 Å². The first-order chi connectivity index (χ1) is 10.4. The van der Waals surface area contributed by atoms with Crippen LogP contribution in [0.2, 0.25) is 0 Å². The minimum absolute atomic E-state index is 0.0409. The Bertz CT molecular complexity index is 352. The lowest BCUT2D eigenvalue weighted by atomic mass is 9.90. The topological polar surface area (TPSA) is 88.0 Å². The van der Waals surface area contributed by atoms with Crippen molar-refractivity contribution < 1.29 is 23.6 Å². The van der Waals surface area contributed by atoms with E-state index in [0.29, 0.717) is 19.3 Å². The van der Waals surface area contributed by atoms with E-state index < -0.39 is 13.4 Å². The van der Waals surface area contributed by atoms with Crippen molar-refractivity contribution in [2.24, 2.45) is 0 Å². The molecule has 2 atom stereocenters. The molecule has 6 nitrogen and oxygen atoms in total. The number of phosphoric acid groups is 1. The number of rotatable bonds is 10. The van der Waals surface area contributed by atoms with E-state index in [9.17, 15) is 14.6 Å². The van der Waals surface area contributed by atoms with Gasteiger partial charge < -0.3 is 15.3 Å². The van der Waals surface area contributed by atoms with E-state index >= 15 is 0 Å². The van der Waals surface area contributed by atoms with Gasteiger partial charge in [0.1, 0.15) is 0 Å². The molecule has 1 aliphatic carbocycles. The van der Waals surface area contributed by atoms with Crippen molar-refractivity contribution in [1.29, 1.82) is 0 Å². The van der Waals surface area contributed by atoms with E-state index in [1.54, 1.807) is 7.05 Å². The van der Waals surface area contributed by atoms with Crippen LogP contribution in [-0.4, -0.2) is 41.4 Å². The quantitative estimate of drug-likeness (QED) is 0.531. The molecule has 3 N–H and O–H groups in total. The molecule has 7 heteroatoms. The van der Waals surface area contributed by atoms with Gasteiger partial charge in [-0.2, -0.15) is 0 Å². The summed E-state index contributed by atoms with van der Waals surface area (Å²) in [7, 11) is -2.34. The molecule has 0 heterocycles. The minimum Gasteiger partial charge on any atom is -0.395 e. The van der Waals surface area contributed by atoms with Crippen molar-refractivity contribution in [3.63, 3.8) is 0 Å². The molecule has 0 bridgehead atoms. The zero-order chi connectivity index (χ0) is 16.6. The van der Waals surface area contributed by atoms with Crippen molar-refractivity contribution in [1.82, 2.24) is 5.32 Å². The van der Waals surface area contributed by atoms with Gasteiger partial charge >= 0.3 is 7.82 Å². The average Bonchev–Trinajstić information content (AvgIpc) is 2.51. The van der Waals surface area contributed by atoms with Crippen LogP contribution in [0.25, 0.3) is 0 Å². The fourth-order valence-corrected chi connectivity index (χ4v) is 4.49. The van der Waals surface area contributed by atoms with Crippen LogP contribution in [-0.2, 0) is 13.6 Å². The van der Waals surface area contributed by atoms with Crippen LogP contribution in [0.15, 0.2) is 0 Å². The zero-order valence-electron chi connectivity index (χ0n) is 14.1. The standard InChI is InChI=1S/C15H32NO5P/c1-4-15(5-2,11-13(12-17)16-3)21-22(18,19)20-14-9-7-6-8-10-14/h13-14,16-17H,4-12H2,1-3H3,(H,18,19). The van der Waals surface area contributed by atoms with Gasteiger partial charge in [-0.25, -0.2) is 4.57 Å². The number of aliphatic hydroxyl groups excluding tert-OH is 1. The van der Waals surface area contributed by atoms with E-state index in [0.717, 1.165) is 32.1 Å². The van der Waals surface area contributed by atoms with Crippen LogP contribution in [0, 0.1) is 0 Å². The molecule has 0 aliphatic heterocycles. The van der Waals surface area contributed by atoms with E-state index in [1.807, 2.05) is 13.8 Å². The van der Waals surface area contributed by atoms with Crippen LogP contribution in [0.4, 0.5) is 0 Å². The summed E-state index contributed by atoms with van der Waals surface area (Å²) < 4.78 is 23.4. The van der Waals surface area contributed by atoms with Crippen LogP contribution < -0.4 is 5.32 Å². The van der Waals surface area contributed by atoms with Crippen LogP contribution in [0.1, 0.15) is 65.2 Å². The number of likely N-dealkylation sites (N-methyl/N-ethyl adjacent to an activating group) is 1. The Morgan fingerprint density at radius 3 is 2.32 bits per heavy atom. The lowest BCUT2D eigenvalue weighted by Gasteiger charge is -2.36. The summed E-state index contributed by atoms with van der Waals surface area (Å²) in [6.45, 7) is 3.81. The van der Waals surface area contributed by atoms with Crippen LogP contribution in [0.5, 0.6) is 0 Å². The van der Waals surface area contributed by atoms with Gasteiger partial charge in [0.2, 0.25) is 0 Å². The molecule has 1 aliphatic rings. The molecule has 1 rings (SSSR count). The zero-order valence-corrected chi connectivity index (χ0v) is 15.0. The molecular formula is C15H32NO5P. The number of phosphoric ester groups is 1. The highest BCUT2D eigenvalue weighted by atomic mass is 31.2. The largest absolute Gasteiger partial charge is 0.472 e. The Hall–Kier alpha value is 0.0300. The third kappa shape index (κ3) is 6.26. The maximum Gasteiger partial charge on any atom is 0.472 e. The SMILES string of the molecule is CCC(CC)(CC(CO)NC)OP(=O)(O)OC1CCCCC1. The Morgan fingerprint density at radius 1 is 1.27 bits per heavy atom. The molecule has 0 amide bonds. The molecule has 0 aromatic carbocycles. The Morgan fingerprint density at radius 2 is 1.86 bits per heavy atom. The van der Waals surface area contributed by atoms with Crippen molar-refractivity contribution in [2.75, 3.05) is 13.7 Å². The molecule has 0 aromatic rings. The van der Waals surface area contributed by atoms with Gasteiger partial charge in [-0.15, -0.1) is 0 Å². The second kappa shape index (κ2) is 9.36. The summed E-state index contributed by atoms with van der Waals surface area (Å²) in [5.74, 6) is 0. The lowest BCUT2D eigenvalue weighted by molar-refractivity contribution is -0.0162. The minimum atomic E-state index is -4.10.